The molecule has 0 fully saturated rings. The van der Waals surface area contributed by atoms with Gasteiger partial charge in [0.2, 0.25) is 0 Å². The minimum atomic E-state index is -1.24. The fraction of sp³-hybridized carbons (Fsp3) is 0.154. The maximum absolute atomic E-state index is 11.0. The molecule has 0 aliphatic carbocycles. The highest BCUT2D eigenvalue weighted by Gasteiger charge is 2.12. The minimum absolute atomic E-state index is 0.0750. The van der Waals surface area contributed by atoms with Crippen LogP contribution in [0, 0.1) is 11.8 Å². The summed E-state index contributed by atoms with van der Waals surface area (Å²) in [6.07, 6.45) is 0. The Morgan fingerprint density at radius 2 is 1.89 bits per heavy atom. The second-order valence-electron chi connectivity index (χ2n) is 3.45. The van der Waals surface area contributed by atoms with Crippen molar-refractivity contribution in [1.29, 1.82) is 0 Å². The highest BCUT2D eigenvalue weighted by atomic mass is 32.2. The summed E-state index contributed by atoms with van der Waals surface area (Å²) in [6.45, 7) is 1.41. The lowest BCUT2D eigenvalue weighted by Gasteiger charge is -2.01. The number of hydrogen-bond donors (Lipinski definition) is 2. The molecule has 1 rings (SSSR count). The van der Waals surface area contributed by atoms with Crippen molar-refractivity contribution in [3.63, 3.8) is 0 Å². The summed E-state index contributed by atoms with van der Waals surface area (Å²) >= 11 is 1.02. The third-order valence-corrected chi connectivity index (χ3v) is 2.76. The van der Waals surface area contributed by atoms with Gasteiger partial charge in [-0.25, -0.2) is 9.59 Å². The van der Waals surface area contributed by atoms with Crippen molar-refractivity contribution in [2.45, 2.75) is 6.92 Å². The molecule has 6 heteroatoms. The van der Waals surface area contributed by atoms with Crippen molar-refractivity contribution in [3.05, 3.63) is 34.9 Å². The van der Waals surface area contributed by atoms with Crippen LogP contribution in [0.1, 0.15) is 33.2 Å². The standard InChI is InChI=1S/C13H10O5S/c1-8(14)19-6-2-3-9-4-5-10(12(15)16)7-11(9)13(17)18/h4-5,7H,6H2,1H3,(H,15,16)(H,17,18). The van der Waals surface area contributed by atoms with Crippen LogP contribution in [0.2, 0.25) is 0 Å². The fourth-order valence-electron chi connectivity index (χ4n) is 1.23. The van der Waals surface area contributed by atoms with Gasteiger partial charge in [0, 0.05) is 12.5 Å². The number of carboxylic acid groups (broad SMARTS) is 2. The molecule has 5 nitrogen and oxygen atoms in total. The van der Waals surface area contributed by atoms with Gasteiger partial charge in [0.1, 0.15) is 0 Å². The molecule has 98 valence electrons. The molecule has 1 aromatic rings. The first-order valence-corrected chi connectivity index (χ1v) is 6.13. The van der Waals surface area contributed by atoms with Crippen LogP contribution in [0.3, 0.4) is 0 Å². The maximum Gasteiger partial charge on any atom is 0.336 e. The average Bonchev–Trinajstić information content (AvgIpc) is 2.34. The van der Waals surface area contributed by atoms with Crippen LogP contribution in [0.5, 0.6) is 0 Å². The van der Waals surface area contributed by atoms with Crippen LogP contribution in [0.25, 0.3) is 0 Å². The number of rotatable bonds is 3. The van der Waals surface area contributed by atoms with Crippen LogP contribution < -0.4 is 0 Å². The maximum atomic E-state index is 11.0. The molecule has 0 bridgehead atoms. The number of benzene rings is 1. The first-order valence-electron chi connectivity index (χ1n) is 5.14. The third kappa shape index (κ3) is 4.48. The summed E-state index contributed by atoms with van der Waals surface area (Å²) < 4.78 is 0. The molecule has 2 N–H and O–H groups in total. The monoisotopic (exact) mass is 278 g/mol. The van der Waals surface area contributed by atoms with Crippen molar-refractivity contribution in [3.8, 4) is 11.8 Å². The van der Waals surface area contributed by atoms with E-state index in [1.165, 1.54) is 19.1 Å². The lowest BCUT2D eigenvalue weighted by atomic mass is 10.0. The molecule has 0 spiro atoms. The van der Waals surface area contributed by atoms with Gasteiger partial charge in [-0.1, -0.05) is 23.6 Å². The largest absolute Gasteiger partial charge is 0.478 e. The predicted molar refractivity (Wildman–Crippen MR) is 70.4 cm³/mol. The van der Waals surface area contributed by atoms with E-state index in [-0.39, 0.29) is 27.6 Å². The zero-order valence-electron chi connectivity index (χ0n) is 9.97. The number of thioether (sulfide) groups is 1. The molecular weight excluding hydrogens is 268 g/mol. The second-order valence-corrected chi connectivity index (χ2v) is 4.60. The summed E-state index contributed by atoms with van der Waals surface area (Å²) in [5.74, 6) is 3.09. The van der Waals surface area contributed by atoms with Gasteiger partial charge in [0.25, 0.3) is 0 Å². The molecule has 1 aromatic carbocycles. The van der Waals surface area contributed by atoms with Gasteiger partial charge < -0.3 is 10.2 Å². The van der Waals surface area contributed by atoms with Gasteiger partial charge in [0.15, 0.2) is 5.12 Å². The van der Waals surface area contributed by atoms with E-state index in [9.17, 15) is 14.4 Å². The van der Waals surface area contributed by atoms with E-state index in [0.29, 0.717) is 0 Å². The van der Waals surface area contributed by atoms with Gasteiger partial charge in [-0.05, 0) is 18.2 Å². The van der Waals surface area contributed by atoms with E-state index in [2.05, 4.69) is 11.8 Å². The molecule has 0 amide bonds. The Bertz CT molecular complexity index is 595. The van der Waals surface area contributed by atoms with Crippen LogP contribution in [-0.4, -0.2) is 33.0 Å². The molecule has 0 aliphatic rings. The van der Waals surface area contributed by atoms with Crippen LogP contribution in [0.4, 0.5) is 0 Å². The van der Waals surface area contributed by atoms with E-state index >= 15 is 0 Å². The molecular formula is C13H10O5S. The number of carboxylic acids is 2. The van der Waals surface area contributed by atoms with Crippen LogP contribution in [-0.2, 0) is 4.79 Å². The molecule has 0 aliphatic heterocycles. The summed E-state index contributed by atoms with van der Waals surface area (Å²) in [6, 6.07) is 3.70. The smallest absolute Gasteiger partial charge is 0.336 e. The Morgan fingerprint density at radius 1 is 1.21 bits per heavy atom. The Morgan fingerprint density at radius 3 is 2.42 bits per heavy atom. The SMILES string of the molecule is CC(=O)SCC#Cc1ccc(C(=O)O)cc1C(=O)O. The zero-order chi connectivity index (χ0) is 14.4. The van der Waals surface area contributed by atoms with Crippen molar-refractivity contribution in [1.82, 2.24) is 0 Å². The normalized spacial score (nSPS) is 9.32. The molecule has 0 radical (unpaired) electrons. The van der Waals surface area contributed by atoms with Crippen LogP contribution in [0.15, 0.2) is 18.2 Å². The molecule has 0 aromatic heterocycles. The summed E-state index contributed by atoms with van der Waals surface area (Å²) in [5, 5.41) is 17.7. The zero-order valence-corrected chi connectivity index (χ0v) is 10.8. The molecule has 0 saturated heterocycles. The molecule has 0 atom stereocenters. The number of hydrogen-bond acceptors (Lipinski definition) is 4. The molecule has 0 saturated carbocycles. The average molecular weight is 278 g/mol. The lowest BCUT2D eigenvalue weighted by molar-refractivity contribution is -0.109. The Balaban J connectivity index is 3.03. The van der Waals surface area contributed by atoms with Gasteiger partial charge in [-0.2, -0.15) is 0 Å². The van der Waals surface area contributed by atoms with Gasteiger partial charge >= 0.3 is 11.9 Å². The van der Waals surface area contributed by atoms with Crippen molar-refractivity contribution < 1.29 is 24.6 Å². The van der Waals surface area contributed by atoms with Crippen LogP contribution >= 0.6 is 11.8 Å². The lowest BCUT2D eigenvalue weighted by Crippen LogP contribution is -2.04. The fourth-order valence-corrected chi connectivity index (χ4v) is 1.58. The van der Waals surface area contributed by atoms with Crippen molar-refractivity contribution in [2.75, 3.05) is 5.75 Å². The Hall–Kier alpha value is -2.26. The summed E-state index contributed by atoms with van der Waals surface area (Å²) in [5.41, 5.74) is -0.0528. The highest BCUT2D eigenvalue weighted by molar-refractivity contribution is 8.13. The van der Waals surface area contributed by atoms with Crippen molar-refractivity contribution in [2.24, 2.45) is 0 Å². The second kappa shape index (κ2) is 6.61. The Kier molecular flexibility index (Phi) is 5.15. The number of aromatic carboxylic acids is 2. The van der Waals surface area contributed by atoms with Gasteiger partial charge in [0.05, 0.1) is 16.9 Å². The highest BCUT2D eigenvalue weighted by Crippen LogP contribution is 2.12. The molecule has 19 heavy (non-hydrogen) atoms. The number of carbonyl (C=O) groups is 3. The van der Waals surface area contributed by atoms with Gasteiger partial charge in [-0.15, -0.1) is 0 Å². The predicted octanol–water partition coefficient (Wildman–Crippen LogP) is 1.71. The first kappa shape index (κ1) is 14.8. The topological polar surface area (TPSA) is 91.7 Å². The van der Waals surface area contributed by atoms with Crippen molar-refractivity contribution >= 4 is 28.8 Å². The Labute approximate surface area is 113 Å². The summed E-state index contributed by atoms with van der Waals surface area (Å²) in [4.78, 5) is 32.5. The van der Waals surface area contributed by atoms with E-state index < -0.39 is 11.9 Å². The first-order chi connectivity index (χ1) is 8.91. The summed E-state index contributed by atoms with van der Waals surface area (Å²) in [7, 11) is 0. The quantitative estimate of drug-likeness (QED) is 0.818. The van der Waals surface area contributed by atoms with Gasteiger partial charge in [-0.3, -0.25) is 4.79 Å². The van der Waals surface area contributed by atoms with E-state index in [0.717, 1.165) is 17.8 Å². The van der Waals surface area contributed by atoms with E-state index in [4.69, 9.17) is 10.2 Å². The van der Waals surface area contributed by atoms with E-state index in [1.807, 2.05) is 0 Å². The molecule has 0 unspecified atom stereocenters. The minimum Gasteiger partial charge on any atom is -0.478 e. The third-order valence-electron chi connectivity index (χ3n) is 2.07. The molecule has 0 heterocycles. The van der Waals surface area contributed by atoms with E-state index in [1.54, 1.807) is 0 Å². The number of carbonyl (C=O) groups excluding carboxylic acids is 1.